The van der Waals surface area contributed by atoms with Crippen LogP contribution in [-0.4, -0.2) is 46.7 Å². The molecule has 3 N–H and O–H groups in total. The molecule has 1 aliphatic rings. The van der Waals surface area contributed by atoms with Crippen LogP contribution >= 0.6 is 11.3 Å². The molecule has 4 rings (SSSR count). The molecule has 0 atom stereocenters. The Bertz CT molecular complexity index is 1380. The van der Waals surface area contributed by atoms with Crippen LogP contribution in [0, 0.1) is 19.8 Å². The van der Waals surface area contributed by atoms with Crippen molar-refractivity contribution in [2.24, 2.45) is 5.92 Å². The van der Waals surface area contributed by atoms with E-state index in [4.69, 9.17) is 0 Å². The van der Waals surface area contributed by atoms with Gasteiger partial charge in [0.15, 0.2) is 10.0 Å². The number of anilines is 1. The summed E-state index contributed by atoms with van der Waals surface area (Å²) in [6, 6.07) is 5.87. The lowest BCUT2D eigenvalue weighted by molar-refractivity contribution is -0.120. The zero-order valence-corrected chi connectivity index (χ0v) is 18.5. The summed E-state index contributed by atoms with van der Waals surface area (Å²) in [5.41, 5.74) is 0.196. The summed E-state index contributed by atoms with van der Waals surface area (Å²) in [4.78, 5) is 44.3. The van der Waals surface area contributed by atoms with E-state index in [-0.39, 0.29) is 30.6 Å². The number of rotatable bonds is 4. The Hall–Kier alpha value is -2.83. The van der Waals surface area contributed by atoms with Gasteiger partial charge in [-0.05, 0) is 44.4 Å². The van der Waals surface area contributed by atoms with Crippen molar-refractivity contribution in [3.05, 3.63) is 50.3 Å². The van der Waals surface area contributed by atoms with Gasteiger partial charge in [0.1, 0.15) is 0 Å². The standard InChI is InChI=1S/C19H21N5O5S2/c1-10-3-4-13-14(9-10)30-19(21-13)23-16(25)12-5-7-24(8-6-12)31(28,29)15-11(2)20-18(27)22-17(15)26/h3-4,9,12H,5-8H2,1-2H3,(H,21,23,25)(H2,20,22,26,27). The normalized spacial score (nSPS) is 15.9. The Kier molecular flexibility index (Phi) is 5.54. The molecule has 10 nitrogen and oxygen atoms in total. The van der Waals surface area contributed by atoms with Gasteiger partial charge in [0.25, 0.3) is 5.56 Å². The molecule has 0 aliphatic carbocycles. The number of benzene rings is 1. The van der Waals surface area contributed by atoms with E-state index >= 15 is 0 Å². The van der Waals surface area contributed by atoms with Crippen LogP contribution in [0.3, 0.4) is 0 Å². The second-order valence-corrected chi connectivity index (χ2v) is 10.4. The number of fused-ring (bicyclic) bond motifs is 1. The Labute approximate surface area is 181 Å². The van der Waals surface area contributed by atoms with Crippen LogP contribution in [0.25, 0.3) is 10.2 Å². The number of H-pyrrole nitrogens is 2. The van der Waals surface area contributed by atoms with Gasteiger partial charge in [-0.1, -0.05) is 17.4 Å². The summed E-state index contributed by atoms with van der Waals surface area (Å²) in [6.07, 6.45) is 0.630. The minimum absolute atomic E-state index is 0.0142. The number of nitrogens with one attached hydrogen (secondary N) is 3. The Morgan fingerprint density at radius 2 is 1.90 bits per heavy atom. The fourth-order valence-corrected chi connectivity index (χ4v) is 6.32. The molecule has 0 bridgehead atoms. The van der Waals surface area contributed by atoms with E-state index in [1.165, 1.54) is 22.6 Å². The zero-order valence-electron chi connectivity index (χ0n) is 16.9. The lowest BCUT2D eigenvalue weighted by Gasteiger charge is -2.30. The van der Waals surface area contributed by atoms with Gasteiger partial charge in [0, 0.05) is 24.7 Å². The van der Waals surface area contributed by atoms with Gasteiger partial charge in [-0.2, -0.15) is 4.31 Å². The summed E-state index contributed by atoms with van der Waals surface area (Å²) >= 11 is 1.39. The minimum Gasteiger partial charge on any atom is -0.310 e. The van der Waals surface area contributed by atoms with Gasteiger partial charge in [-0.15, -0.1) is 0 Å². The summed E-state index contributed by atoms with van der Waals surface area (Å²) in [5.74, 6) is -0.568. The highest BCUT2D eigenvalue weighted by molar-refractivity contribution is 7.89. The molecule has 0 unspecified atom stereocenters. The molecule has 1 amide bonds. The van der Waals surface area contributed by atoms with E-state index in [0.717, 1.165) is 15.8 Å². The molecule has 1 fully saturated rings. The number of aromatic amines is 2. The number of amides is 1. The minimum atomic E-state index is -4.09. The molecule has 3 aromatic rings. The number of aryl methyl sites for hydroxylation is 2. The Balaban J connectivity index is 1.44. The van der Waals surface area contributed by atoms with Crippen LogP contribution < -0.4 is 16.6 Å². The largest absolute Gasteiger partial charge is 0.325 e. The highest BCUT2D eigenvalue weighted by Gasteiger charge is 2.35. The predicted octanol–water partition coefficient (Wildman–Crippen LogP) is 1.33. The third-order valence-corrected chi connectivity index (χ3v) is 8.26. The van der Waals surface area contributed by atoms with Crippen molar-refractivity contribution >= 4 is 42.6 Å². The van der Waals surface area contributed by atoms with Gasteiger partial charge >= 0.3 is 5.69 Å². The Morgan fingerprint density at radius 3 is 2.58 bits per heavy atom. The van der Waals surface area contributed by atoms with Crippen LogP contribution in [0.15, 0.2) is 32.7 Å². The van der Waals surface area contributed by atoms with Gasteiger partial charge in [-0.25, -0.2) is 18.2 Å². The van der Waals surface area contributed by atoms with E-state index in [9.17, 15) is 22.8 Å². The maximum Gasteiger partial charge on any atom is 0.325 e. The molecule has 0 spiro atoms. The SMILES string of the molecule is Cc1ccc2nc(NC(=O)C3CCN(S(=O)(=O)c4c(C)[nH]c(=O)[nH]c4=O)CC3)sc2c1. The van der Waals surface area contributed by atoms with E-state index in [1.807, 2.05) is 30.1 Å². The van der Waals surface area contributed by atoms with Gasteiger partial charge < -0.3 is 10.3 Å². The highest BCUT2D eigenvalue weighted by atomic mass is 32.2. The van der Waals surface area contributed by atoms with Crippen molar-refractivity contribution in [2.75, 3.05) is 18.4 Å². The quantitative estimate of drug-likeness (QED) is 0.532. The number of hydrogen-bond donors (Lipinski definition) is 3. The fourth-order valence-electron chi connectivity index (χ4n) is 3.68. The average molecular weight is 464 g/mol. The van der Waals surface area contributed by atoms with Crippen molar-refractivity contribution in [3.63, 3.8) is 0 Å². The van der Waals surface area contributed by atoms with Crippen LogP contribution in [-0.2, 0) is 14.8 Å². The molecular weight excluding hydrogens is 442 g/mol. The molecule has 1 aromatic carbocycles. The number of hydrogen-bond acceptors (Lipinski definition) is 7. The monoisotopic (exact) mass is 463 g/mol. The molecule has 0 saturated carbocycles. The van der Waals surface area contributed by atoms with Crippen molar-refractivity contribution in [3.8, 4) is 0 Å². The number of aromatic nitrogens is 3. The van der Waals surface area contributed by atoms with Crippen LogP contribution in [0.5, 0.6) is 0 Å². The highest BCUT2D eigenvalue weighted by Crippen LogP contribution is 2.29. The van der Waals surface area contributed by atoms with Crippen LogP contribution in [0.2, 0.25) is 0 Å². The maximum absolute atomic E-state index is 12.9. The number of nitrogens with zero attached hydrogens (tertiary/aromatic N) is 2. The lowest BCUT2D eigenvalue weighted by atomic mass is 9.97. The summed E-state index contributed by atoms with van der Waals surface area (Å²) in [7, 11) is -4.09. The fraction of sp³-hybridized carbons (Fsp3) is 0.368. The molecule has 3 heterocycles. The van der Waals surface area contributed by atoms with Gasteiger partial charge in [0.2, 0.25) is 15.9 Å². The third-order valence-electron chi connectivity index (χ3n) is 5.27. The number of carbonyl (C=O) groups excluding carboxylic acids is 1. The molecule has 1 aliphatic heterocycles. The smallest absolute Gasteiger partial charge is 0.310 e. The zero-order chi connectivity index (χ0) is 22.3. The second-order valence-electron chi connectivity index (χ2n) is 7.52. The maximum atomic E-state index is 12.9. The first kappa shape index (κ1) is 21.4. The van der Waals surface area contributed by atoms with E-state index in [1.54, 1.807) is 0 Å². The van der Waals surface area contributed by atoms with Gasteiger partial charge in [0.05, 0.1) is 10.2 Å². The lowest BCUT2D eigenvalue weighted by Crippen LogP contribution is -2.44. The molecule has 31 heavy (non-hydrogen) atoms. The van der Waals surface area contributed by atoms with E-state index in [2.05, 4.69) is 15.3 Å². The van der Waals surface area contributed by atoms with Crippen molar-refractivity contribution < 1.29 is 13.2 Å². The number of sulfonamides is 1. The summed E-state index contributed by atoms with van der Waals surface area (Å²) in [5, 5.41) is 3.35. The predicted molar refractivity (Wildman–Crippen MR) is 117 cm³/mol. The third kappa shape index (κ3) is 4.18. The number of carbonyl (C=O) groups is 1. The number of thiazole rings is 1. The van der Waals surface area contributed by atoms with Crippen molar-refractivity contribution in [2.45, 2.75) is 31.6 Å². The van der Waals surface area contributed by atoms with Gasteiger partial charge in [-0.3, -0.25) is 14.6 Å². The number of piperidine rings is 1. The molecule has 0 radical (unpaired) electrons. The van der Waals surface area contributed by atoms with E-state index in [0.29, 0.717) is 18.0 Å². The summed E-state index contributed by atoms with van der Waals surface area (Å²) in [6.45, 7) is 3.54. The first-order valence-corrected chi connectivity index (χ1v) is 11.9. The average Bonchev–Trinajstić information content (AvgIpc) is 3.08. The topological polar surface area (TPSA) is 145 Å². The molecular formula is C19H21N5O5S2. The molecule has 12 heteroatoms. The molecule has 164 valence electrons. The second kappa shape index (κ2) is 8.02. The Morgan fingerprint density at radius 1 is 1.19 bits per heavy atom. The first-order valence-electron chi connectivity index (χ1n) is 9.66. The van der Waals surface area contributed by atoms with Crippen LogP contribution in [0.4, 0.5) is 5.13 Å². The van der Waals surface area contributed by atoms with Crippen molar-refractivity contribution in [1.29, 1.82) is 0 Å². The summed E-state index contributed by atoms with van der Waals surface area (Å²) < 4.78 is 28.0. The van der Waals surface area contributed by atoms with Crippen molar-refractivity contribution in [1.82, 2.24) is 19.3 Å². The molecule has 2 aromatic heterocycles. The van der Waals surface area contributed by atoms with E-state index < -0.39 is 26.2 Å². The molecule has 1 saturated heterocycles. The first-order chi connectivity index (χ1) is 14.6. The van der Waals surface area contributed by atoms with Crippen LogP contribution in [0.1, 0.15) is 24.1 Å².